The van der Waals surface area contributed by atoms with E-state index in [9.17, 15) is 0 Å². The molecule has 66 valence electrons. The molecule has 1 saturated heterocycles. The van der Waals surface area contributed by atoms with Crippen molar-refractivity contribution < 1.29 is 9.47 Å². The molecular weight excluding hydrogens is 220 g/mol. The van der Waals surface area contributed by atoms with Crippen LogP contribution in [-0.4, -0.2) is 11.9 Å². The van der Waals surface area contributed by atoms with E-state index in [4.69, 9.17) is 9.47 Å². The van der Waals surface area contributed by atoms with Gasteiger partial charge in [0.1, 0.15) is 11.9 Å². The molecule has 1 aliphatic carbocycles. The fourth-order valence-electron chi connectivity index (χ4n) is 1.48. The van der Waals surface area contributed by atoms with Crippen LogP contribution < -0.4 is 0 Å². The fraction of sp³-hybridized carbons (Fsp3) is 0.556. The third-order valence-electron chi connectivity index (χ3n) is 1.92. The van der Waals surface area contributed by atoms with E-state index >= 15 is 0 Å². The van der Waals surface area contributed by atoms with Crippen molar-refractivity contribution in [2.75, 3.05) is 0 Å². The van der Waals surface area contributed by atoms with Crippen molar-refractivity contribution in [1.82, 2.24) is 0 Å². The zero-order chi connectivity index (χ0) is 8.77. The van der Waals surface area contributed by atoms with Crippen molar-refractivity contribution in [1.29, 1.82) is 0 Å². The van der Waals surface area contributed by atoms with Crippen LogP contribution in [0.25, 0.3) is 0 Å². The minimum absolute atomic E-state index is 0.111. The van der Waals surface area contributed by atoms with Crippen LogP contribution in [0.2, 0.25) is 0 Å². The van der Waals surface area contributed by atoms with Crippen LogP contribution in [-0.2, 0) is 9.47 Å². The van der Waals surface area contributed by atoms with E-state index in [0.717, 1.165) is 16.7 Å². The lowest BCUT2D eigenvalue weighted by atomic mass is 10.1. The number of ether oxygens (including phenoxy) is 2. The van der Waals surface area contributed by atoms with Gasteiger partial charge in [-0.05, 0) is 16.6 Å². The number of fused-ring (bicyclic) bond motifs is 1. The molecule has 0 amide bonds. The van der Waals surface area contributed by atoms with Gasteiger partial charge in [0, 0.05) is 20.3 Å². The molecule has 1 aliphatic heterocycles. The molecule has 1 fully saturated rings. The van der Waals surface area contributed by atoms with Gasteiger partial charge < -0.3 is 9.47 Å². The Balaban J connectivity index is 2.21. The van der Waals surface area contributed by atoms with Crippen LogP contribution in [0.5, 0.6) is 0 Å². The SMILES string of the molecule is CC1(C)OC2=CC=C(Br)CC2O1. The number of rotatable bonds is 0. The second kappa shape index (κ2) is 2.60. The number of halogens is 1. The molecule has 1 atom stereocenters. The maximum Gasteiger partial charge on any atom is 0.205 e. The van der Waals surface area contributed by atoms with Crippen molar-refractivity contribution in [3.05, 3.63) is 22.4 Å². The van der Waals surface area contributed by atoms with Gasteiger partial charge in [-0.15, -0.1) is 0 Å². The third-order valence-corrected chi connectivity index (χ3v) is 2.50. The molecule has 12 heavy (non-hydrogen) atoms. The molecule has 0 N–H and O–H groups in total. The first kappa shape index (κ1) is 8.32. The highest BCUT2D eigenvalue weighted by Crippen LogP contribution is 2.37. The molecule has 1 heterocycles. The summed E-state index contributed by atoms with van der Waals surface area (Å²) in [6, 6.07) is 0. The summed E-state index contributed by atoms with van der Waals surface area (Å²) in [7, 11) is 0. The fourth-order valence-corrected chi connectivity index (χ4v) is 1.90. The summed E-state index contributed by atoms with van der Waals surface area (Å²) in [5, 5.41) is 0. The lowest BCUT2D eigenvalue weighted by molar-refractivity contribution is -0.132. The number of hydrogen-bond acceptors (Lipinski definition) is 2. The van der Waals surface area contributed by atoms with Crippen LogP contribution >= 0.6 is 15.9 Å². The highest BCUT2D eigenvalue weighted by molar-refractivity contribution is 9.11. The normalized spacial score (nSPS) is 31.8. The molecule has 0 bridgehead atoms. The molecule has 0 aromatic heterocycles. The van der Waals surface area contributed by atoms with Gasteiger partial charge in [0.25, 0.3) is 0 Å². The molecular formula is C9H11BrO2. The average molecular weight is 231 g/mol. The molecule has 0 saturated carbocycles. The lowest BCUT2D eigenvalue weighted by Gasteiger charge is -2.15. The minimum atomic E-state index is -0.456. The summed E-state index contributed by atoms with van der Waals surface area (Å²) in [5.41, 5.74) is 0. The summed E-state index contributed by atoms with van der Waals surface area (Å²) in [6.07, 6.45) is 4.97. The number of allylic oxidation sites excluding steroid dienone is 2. The van der Waals surface area contributed by atoms with Gasteiger partial charge >= 0.3 is 0 Å². The van der Waals surface area contributed by atoms with Crippen LogP contribution in [0.1, 0.15) is 20.3 Å². The van der Waals surface area contributed by atoms with E-state index in [1.165, 1.54) is 0 Å². The van der Waals surface area contributed by atoms with E-state index in [1.54, 1.807) is 0 Å². The smallest absolute Gasteiger partial charge is 0.205 e. The first-order valence-electron chi connectivity index (χ1n) is 4.00. The van der Waals surface area contributed by atoms with Gasteiger partial charge in [-0.25, -0.2) is 0 Å². The summed E-state index contributed by atoms with van der Waals surface area (Å²) < 4.78 is 12.4. The summed E-state index contributed by atoms with van der Waals surface area (Å²) in [6.45, 7) is 3.86. The van der Waals surface area contributed by atoms with Crippen LogP contribution in [0.4, 0.5) is 0 Å². The van der Waals surface area contributed by atoms with Crippen molar-refractivity contribution in [2.24, 2.45) is 0 Å². The highest BCUT2D eigenvalue weighted by Gasteiger charge is 2.38. The van der Waals surface area contributed by atoms with Crippen molar-refractivity contribution in [2.45, 2.75) is 32.2 Å². The van der Waals surface area contributed by atoms with Crippen LogP contribution in [0, 0.1) is 0 Å². The lowest BCUT2D eigenvalue weighted by Crippen LogP contribution is -2.21. The van der Waals surface area contributed by atoms with Gasteiger partial charge in [0.15, 0.2) is 0 Å². The van der Waals surface area contributed by atoms with E-state index in [1.807, 2.05) is 26.0 Å². The van der Waals surface area contributed by atoms with E-state index in [2.05, 4.69) is 15.9 Å². The second-order valence-electron chi connectivity index (χ2n) is 3.50. The Morgan fingerprint density at radius 3 is 3.00 bits per heavy atom. The zero-order valence-corrected chi connectivity index (χ0v) is 8.72. The Labute approximate surface area is 80.4 Å². The number of hydrogen-bond donors (Lipinski definition) is 0. The summed E-state index contributed by atoms with van der Waals surface area (Å²) in [5.74, 6) is 0.491. The predicted octanol–water partition coefficient (Wildman–Crippen LogP) is 2.70. The van der Waals surface area contributed by atoms with Crippen molar-refractivity contribution in [3.63, 3.8) is 0 Å². The Hall–Kier alpha value is -0.280. The molecule has 0 aromatic rings. The molecule has 2 rings (SSSR count). The highest BCUT2D eigenvalue weighted by atomic mass is 79.9. The quantitative estimate of drug-likeness (QED) is 0.638. The Bertz CT molecular complexity index is 266. The predicted molar refractivity (Wildman–Crippen MR) is 49.7 cm³/mol. The molecule has 3 heteroatoms. The third kappa shape index (κ3) is 1.43. The van der Waals surface area contributed by atoms with Crippen LogP contribution in [0.3, 0.4) is 0 Å². The molecule has 0 aromatic carbocycles. The maximum atomic E-state index is 5.66. The van der Waals surface area contributed by atoms with E-state index in [-0.39, 0.29) is 6.10 Å². The molecule has 2 aliphatic rings. The zero-order valence-electron chi connectivity index (χ0n) is 7.13. The van der Waals surface area contributed by atoms with Gasteiger partial charge in [0.05, 0.1) is 0 Å². The molecule has 0 spiro atoms. The van der Waals surface area contributed by atoms with Crippen LogP contribution in [0.15, 0.2) is 22.4 Å². The minimum Gasteiger partial charge on any atom is -0.465 e. The van der Waals surface area contributed by atoms with E-state index in [0.29, 0.717) is 0 Å². The summed E-state index contributed by atoms with van der Waals surface area (Å²) >= 11 is 3.44. The Morgan fingerprint density at radius 2 is 2.25 bits per heavy atom. The monoisotopic (exact) mass is 230 g/mol. The topological polar surface area (TPSA) is 18.5 Å². The van der Waals surface area contributed by atoms with E-state index < -0.39 is 5.79 Å². The van der Waals surface area contributed by atoms with Gasteiger partial charge in [0.2, 0.25) is 5.79 Å². The Morgan fingerprint density at radius 1 is 1.50 bits per heavy atom. The maximum absolute atomic E-state index is 5.66. The van der Waals surface area contributed by atoms with Gasteiger partial charge in [-0.3, -0.25) is 0 Å². The van der Waals surface area contributed by atoms with Crippen molar-refractivity contribution >= 4 is 15.9 Å². The standard InChI is InChI=1S/C9H11BrO2/c1-9(2)11-7-4-3-6(10)5-8(7)12-9/h3-4,8H,5H2,1-2H3. The van der Waals surface area contributed by atoms with Crippen molar-refractivity contribution in [3.8, 4) is 0 Å². The molecule has 1 unspecified atom stereocenters. The molecule has 0 radical (unpaired) electrons. The second-order valence-corrected chi connectivity index (χ2v) is 4.51. The first-order chi connectivity index (χ1) is 5.57. The van der Waals surface area contributed by atoms with Gasteiger partial charge in [-0.1, -0.05) is 15.9 Å². The largest absolute Gasteiger partial charge is 0.465 e. The average Bonchev–Trinajstić information content (AvgIpc) is 2.21. The van der Waals surface area contributed by atoms with Gasteiger partial charge in [-0.2, -0.15) is 0 Å². The summed E-state index contributed by atoms with van der Waals surface area (Å²) in [4.78, 5) is 0. The molecule has 2 nitrogen and oxygen atoms in total. The Kier molecular flexibility index (Phi) is 1.81. The first-order valence-corrected chi connectivity index (χ1v) is 4.79.